The summed E-state index contributed by atoms with van der Waals surface area (Å²) in [5.74, 6) is -0.542. The molecule has 0 heterocycles. The van der Waals surface area contributed by atoms with Crippen LogP contribution in [-0.2, 0) is 22.4 Å². The van der Waals surface area contributed by atoms with E-state index < -0.39 is 12.0 Å². The van der Waals surface area contributed by atoms with Crippen molar-refractivity contribution >= 4 is 11.9 Å². The molecule has 1 aromatic rings. The second-order valence-corrected chi connectivity index (χ2v) is 6.67. The minimum atomic E-state index is -0.948. The Labute approximate surface area is 131 Å². The third-order valence-electron chi connectivity index (χ3n) is 4.26. The van der Waals surface area contributed by atoms with Crippen molar-refractivity contribution in [2.75, 3.05) is 0 Å². The Balaban J connectivity index is 1.88. The van der Waals surface area contributed by atoms with Gasteiger partial charge in [-0.15, -0.1) is 0 Å². The maximum atomic E-state index is 12.1. The van der Waals surface area contributed by atoms with E-state index in [9.17, 15) is 14.7 Å². The summed E-state index contributed by atoms with van der Waals surface area (Å²) >= 11 is 0. The van der Waals surface area contributed by atoms with Crippen molar-refractivity contribution in [3.05, 3.63) is 35.4 Å². The molecule has 1 amide bonds. The summed E-state index contributed by atoms with van der Waals surface area (Å²) in [6.07, 6.45) is 3.78. The molecule has 4 nitrogen and oxygen atoms in total. The minimum absolute atomic E-state index is 0.141. The Morgan fingerprint density at radius 2 is 1.95 bits per heavy atom. The van der Waals surface area contributed by atoms with Crippen LogP contribution in [0.15, 0.2) is 24.3 Å². The molecule has 4 heteroatoms. The fourth-order valence-electron chi connectivity index (χ4n) is 3.16. The van der Waals surface area contributed by atoms with Crippen LogP contribution >= 0.6 is 0 Å². The summed E-state index contributed by atoms with van der Waals surface area (Å²) < 4.78 is 0. The standard InChI is InChI=1S/C18H25NO3/c1-12(2)9-16(18(21)22)19-17(20)11-13-7-8-14-5-3-4-6-15(14)10-13/h3-6,12-13,16H,7-11H2,1-2H3,(H,19,20)(H,21,22)/t13?,16-/m0/s1. The van der Waals surface area contributed by atoms with Crippen molar-refractivity contribution in [1.82, 2.24) is 5.32 Å². The van der Waals surface area contributed by atoms with E-state index in [0.717, 1.165) is 19.3 Å². The second-order valence-electron chi connectivity index (χ2n) is 6.67. The normalized spacial score (nSPS) is 18.6. The summed E-state index contributed by atoms with van der Waals surface area (Å²) in [5, 5.41) is 11.9. The number of carboxylic acid groups (broad SMARTS) is 1. The summed E-state index contributed by atoms with van der Waals surface area (Å²) in [4.78, 5) is 23.4. The van der Waals surface area contributed by atoms with Gasteiger partial charge in [0.05, 0.1) is 0 Å². The summed E-state index contributed by atoms with van der Waals surface area (Å²) in [7, 11) is 0. The number of carboxylic acids is 1. The van der Waals surface area contributed by atoms with E-state index in [4.69, 9.17) is 0 Å². The van der Waals surface area contributed by atoms with Gasteiger partial charge >= 0.3 is 5.97 Å². The van der Waals surface area contributed by atoms with Gasteiger partial charge in [0.25, 0.3) is 0 Å². The third kappa shape index (κ3) is 4.58. The Morgan fingerprint density at radius 3 is 2.59 bits per heavy atom. The van der Waals surface area contributed by atoms with Crippen LogP contribution < -0.4 is 5.32 Å². The minimum Gasteiger partial charge on any atom is -0.480 e. The van der Waals surface area contributed by atoms with Crippen molar-refractivity contribution < 1.29 is 14.7 Å². The van der Waals surface area contributed by atoms with Crippen LogP contribution in [-0.4, -0.2) is 23.0 Å². The molecule has 0 aromatic heterocycles. The number of amides is 1. The maximum absolute atomic E-state index is 12.1. The summed E-state index contributed by atoms with van der Waals surface area (Å²) in [6.45, 7) is 3.92. The largest absolute Gasteiger partial charge is 0.480 e. The van der Waals surface area contributed by atoms with Crippen molar-refractivity contribution in [2.45, 2.75) is 52.0 Å². The summed E-state index contributed by atoms with van der Waals surface area (Å²) in [5.41, 5.74) is 2.70. The van der Waals surface area contributed by atoms with E-state index in [2.05, 4.69) is 23.5 Å². The monoisotopic (exact) mass is 303 g/mol. The highest BCUT2D eigenvalue weighted by Gasteiger charge is 2.24. The SMILES string of the molecule is CC(C)C[C@H](NC(=O)CC1CCc2ccccc2C1)C(=O)O. The third-order valence-corrected chi connectivity index (χ3v) is 4.26. The van der Waals surface area contributed by atoms with Crippen molar-refractivity contribution in [2.24, 2.45) is 11.8 Å². The lowest BCUT2D eigenvalue weighted by molar-refractivity contribution is -0.142. The maximum Gasteiger partial charge on any atom is 0.326 e. The van der Waals surface area contributed by atoms with Gasteiger partial charge in [0, 0.05) is 6.42 Å². The van der Waals surface area contributed by atoms with Gasteiger partial charge < -0.3 is 10.4 Å². The molecular weight excluding hydrogens is 278 g/mol. The lowest BCUT2D eigenvalue weighted by Gasteiger charge is -2.25. The number of fused-ring (bicyclic) bond motifs is 1. The first kappa shape index (κ1) is 16.5. The molecule has 0 fully saturated rings. The van der Waals surface area contributed by atoms with E-state index >= 15 is 0 Å². The van der Waals surface area contributed by atoms with Crippen LogP contribution in [0.1, 0.15) is 44.2 Å². The van der Waals surface area contributed by atoms with Gasteiger partial charge in [-0.25, -0.2) is 4.79 Å². The predicted molar refractivity (Wildman–Crippen MR) is 85.6 cm³/mol. The lowest BCUT2D eigenvalue weighted by atomic mass is 9.82. The van der Waals surface area contributed by atoms with Crippen LogP contribution in [0.3, 0.4) is 0 Å². The first-order valence-corrected chi connectivity index (χ1v) is 8.04. The Kier molecular flexibility index (Phi) is 5.58. The Morgan fingerprint density at radius 1 is 1.27 bits per heavy atom. The lowest BCUT2D eigenvalue weighted by Crippen LogP contribution is -2.42. The first-order valence-electron chi connectivity index (χ1n) is 8.04. The molecule has 22 heavy (non-hydrogen) atoms. The number of nitrogens with one attached hydrogen (secondary N) is 1. The zero-order valence-corrected chi connectivity index (χ0v) is 13.3. The van der Waals surface area contributed by atoms with E-state index in [1.165, 1.54) is 11.1 Å². The second kappa shape index (κ2) is 7.43. The van der Waals surface area contributed by atoms with Crippen LogP contribution in [0.5, 0.6) is 0 Å². The van der Waals surface area contributed by atoms with E-state index in [1.807, 2.05) is 19.9 Å². The van der Waals surface area contributed by atoms with Gasteiger partial charge in [-0.3, -0.25) is 4.79 Å². The molecule has 0 bridgehead atoms. The molecule has 0 saturated carbocycles. The van der Waals surface area contributed by atoms with Crippen molar-refractivity contribution in [3.8, 4) is 0 Å². The molecule has 120 valence electrons. The Bertz CT molecular complexity index is 539. The highest BCUT2D eigenvalue weighted by molar-refractivity contribution is 5.83. The Hall–Kier alpha value is -1.84. The van der Waals surface area contributed by atoms with Crippen LogP contribution in [0.4, 0.5) is 0 Å². The number of aryl methyl sites for hydroxylation is 1. The van der Waals surface area contributed by atoms with Gasteiger partial charge in [0.2, 0.25) is 5.91 Å². The zero-order chi connectivity index (χ0) is 16.1. The fourth-order valence-corrected chi connectivity index (χ4v) is 3.16. The first-order chi connectivity index (χ1) is 10.5. The van der Waals surface area contributed by atoms with Gasteiger partial charge in [0.15, 0.2) is 0 Å². The molecule has 2 N–H and O–H groups in total. The summed E-state index contributed by atoms with van der Waals surface area (Å²) in [6, 6.07) is 7.58. The topological polar surface area (TPSA) is 66.4 Å². The van der Waals surface area contributed by atoms with Crippen LogP contribution in [0.25, 0.3) is 0 Å². The van der Waals surface area contributed by atoms with E-state index in [1.54, 1.807) is 0 Å². The van der Waals surface area contributed by atoms with Gasteiger partial charge in [0.1, 0.15) is 6.04 Å². The molecule has 1 aromatic carbocycles. The van der Waals surface area contributed by atoms with Crippen molar-refractivity contribution in [3.63, 3.8) is 0 Å². The number of carbonyl (C=O) groups is 2. The molecule has 2 rings (SSSR count). The molecule has 1 unspecified atom stereocenters. The van der Waals surface area contributed by atoms with E-state index in [-0.39, 0.29) is 11.8 Å². The average Bonchev–Trinajstić information content (AvgIpc) is 2.45. The molecule has 0 aliphatic heterocycles. The predicted octanol–water partition coefficient (Wildman–Crippen LogP) is 2.80. The number of carbonyl (C=O) groups excluding carboxylic acids is 1. The smallest absolute Gasteiger partial charge is 0.326 e. The van der Waals surface area contributed by atoms with Crippen molar-refractivity contribution in [1.29, 1.82) is 0 Å². The van der Waals surface area contributed by atoms with E-state index in [0.29, 0.717) is 18.8 Å². The average molecular weight is 303 g/mol. The van der Waals surface area contributed by atoms with Gasteiger partial charge in [-0.2, -0.15) is 0 Å². The van der Waals surface area contributed by atoms with Crippen LogP contribution in [0, 0.1) is 11.8 Å². The molecular formula is C18H25NO3. The number of hydrogen-bond acceptors (Lipinski definition) is 2. The number of aliphatic carboxylic acids is 1. The van der Waals surface area contributed by atoms with Gasteiger partial charge in [-0.1, -0.05) is 38.1 Å². The fraction of sp³-hybridized carbons (Fsp3) is 0.556. The van der Waals surface area contributed by atoms with Gasteiger partial charge in [-0.05, 0) is 48.6 Å². The van der Waals surface area contributed by atoms with Crippen LogP contribution in [0.2, 0.25) is 0 Å². The molecule has 0 saturated heterocycles. The highest BCUT2D eigenvalue weighted by Crippen LogP contribution is 2.27. The molecule has 0 spiro atoms. The zero-order valence-electron chi connectivity index (χ0n) is 13.3. The molecule has 1 aliphatic carbocycles. The highest BCUT2D eigenvalue weighted by atomic mass is 16.4. The number of hydrogen-bond donors (Lipinski definition) is 2. The number of benzene rings is 1. The number of rotatable bonds is 6. The molecule has 2 atom stereocenters. The molecule has 0 radical (unpaired) electrons. The quantitative estimate of drug-likeness (QED) is 0.849. The molecule has 1 aliphatic rings.